The van der Waals surface area contributed by atoms with Crippen LogP contribution in [0.4, 0.5) is 4.39 Å². The number of carbonyl (C=O) groups is 1. The molecule has 2 aromatic rings. The Labute approximate surface area is 104 Å². The second kappa shape index (κ2) is 4.26. The number of carbonyl (C=O) groups excluding carboxylic acids is 1. The molecule has 90 valence electrons. The van der Waals surface area contributed by atoms with Gasteiger partial charge in [-0.25, -0.2) is 4.39 Å². The molecule has 0 saturated heterocycles. The van der Waals surface area contributed by atoms with E-state index in [0.29, 0.717) is 0 Å². The lowest BCUT2D eigenvalue weighted by Crippen LogP contribution is -2.35. The normalized spacial score (nSPS) is 18.1. The average Bonchev–Trinajstić information content (AvgIpc) is 2.39. The predicted molar refractivity (Wildman–Crippen MR) is 66.8 cm³/mol. The Hall–Kier alpha value is -2.16. The van der Waals surface area contributed by atoms with Gasteiger partial charge in [-0.2, -0.15) is 0 Å². The Kier molecular flexibility index (Phi) is 2.59. The lowest BCUT2D eigenvalue weighted by atomic mass is 9.91. The number of halogens is 1. The maximum absolute atomic E-state index is 12.9. The monoisotopic (exact) mass is 241 g/mol. The van der Waals surface area contributed by atoms with E-state index in [9.17, 15) is 9.18 Å². The van der Waals surface area contributed by atoms with Crippen LogP contribution in [0, 0.1) is 5.82 Å². The van der Waals surface area contributed by atoms with Crippen molar-refractivity contribution in [3.05, 3.63) is 71.0 Å². The van der Waals surface area contributed by atoms with Crippen molar-refractivity contribution in [2.24, 2.45) is 0 Å². The van der Waals surface area contributed by atoms with Crippen molar-refractivity contribution in [2.45, 2.75) is 12.5 Å². The molecule has 0 bridgehead atoms. The van der Waals surface area contributed by atoms with Crippen molar-refractivity contribution in [1.82, 2.24) is 5.32 Å². The molecule has 2 nitrogen and oxygen atoms in total. The molecule has 0 aromatic heterocycles. The maximum Gasteiger partial charge on any atom is 0.252 e. The average molecular weight is 241 g/mol. The van der Waals surface area contributed by atoms with Gasteiger partial charge in [-0.1, -0.05) is 30.3 Å². The quantitative estimate of drug-likeness (QED) is 0.817. The first-order valence-electron chi connectivity index (χ1n) is 5.88. The van der Waals surface area contributed by atoms with Crippen molar-refractivity contribution < 1.29 is 9.18 Å². The van der Waals surface area contributed by atoms with Crippen molar-refractivity contribution >= 4 is 5.91 Å². The first kappa shape index (κ1) is 11.0. The highest BCUT2D eigenvalue weighted by atomic mass is 19.1. The Balaban J connectivity index is 1.94. The Morgan fingerprint density at radius 3 is 2.56 bits per heavy atom. The van der Waals surface area contributed by atoms with Crippen LogP contribution in [0.15, 0.2) is 48.5 Å². The van der Waals surface area contributed by atoms with Gasteiger partial charge in [0.15, 0.2) is 0 Å². The molecule has 1 aliphatic rings. The fourth-order valence-electron chi connectivity index (χ4n) is 2.32. The van der Waals surface area contributed by atoms with Gasteiger partial charge in [-0.3, -0.25) is 4.79 Å². The van der Waals surface area contributed by atoms with Crippen molar-refractivity contribution in [3.8, 4) is 0 Å². The zero-order valence-electron chi connectivity index (χ0n) is 9.69. The Bertz CT molecular complexity index is 592. The molecule has 0 saturated carbocycles. The molecule has 0 unspecified atom stereocenters. The summed E-state index contributed by atoms with van der Waals surface area (Å²) >= 11 is 0. The van der Waals surface area contributed by atoms with E-state index < -0.39 is 0 Å². The van der Waals surface area contributed by atoms with E-state index in [1.54, 1.807) is 12.1 Å². The number of rotatable bonds is 1. The minimum absolute atomic E-state index is 0.0637. The standard InChI is InChI=1S/C15H12FNO/c16-12-7-5-10(6-8-12)14-9-11-3-1-2-4-13(11)15(18)17-14/h1-8,14H,9H2,(H,17,18)/t14-/m0/s1. The summed E-state index contributed by atoms with van der Waals surface area (Å²) in [6, 6.07) is 13.8. The van der Waals surface area contributed by atoms with Crippen LogP contribution in [-0.2, 0) is 6.42 Å². The molecule has 1 heterocycles. The maximum atomic E-state index is 12.9. The van der Waals surface area contributed by atoms with Gasteiger partial charge in [-0.05, 0) is 35.7 Å². The van der Waals surface area contributed by atoms with E-state index in [0.717, 1.165) is 23.1 Å². The zero-order valence-corrected chi connectivity index (χ0v) is 9.69. The van der Waals surface area contributed by atoms with Gasteiger partial charge >= 0.3 is 0 Å². The third-order valence-electron chi connectivity index (χ3n) is 3.26. The highest BCUT2D eigenvalue weighted by Gasteiger charge is 2.24. The van der Waals surface area contributed by atoms with Crippen LogP contribution in [0.5, 0.6) is 0 Å². The topological polar surface area (TPSA) is 29.1 Å². The third kappa shape index (κ3) is 1.88. The van der Waals surface area contributed by atoms with Crippen LogP contribution in [-0.4, -0.2) is 5.91 Å². The van der Waals surface area contributed by atoms with Crippen molar-refractivity contribution in [1.29, 1.82) is 0 Å². The summed E-state index contributed by atoms with van der Waals surface area (Å²) in [5, 5.41) is 2.95. The third-order valence-corrected chi connectivity index (χ3v) is 3.26. The summed E-state index contributed by atoms with van der Waals surface area (Å²) in [6.07, 6.45) is 0.744. The molecular weight excluding hydrogens is 229 g/mol. The number of hydrogen-bond acceptors (Lipinski definition) is 1. The number of benzene rings is 2. The van der Waals surface area contributed by atoms with E-state index in [2.05, 4.69) is 5.32 Å². The van der Waals surface area contributed by atoms with Gasteiger partial charge in [-0.15, -0.1) is 0 Å². The van der Waals surface area contributed by atoms with Crippen LogP contribution in [0.3, 0.4) is 0 Å². The van der Waals surface area contributed by atoms with Gasteiger partial charge < -0.3 is 5.32 Å². The zero-order chi connectivity index (χ0) is 12.5. The summed E-state index contributed by atoms with van der Waals surface area (Å²) in [7, 11) is 0. The van der Waals surface area contributed by atoms with Gasteiger partial charge in [0.25, 0.3) is 5.91 Å². The summed E-state index contributed by atoms with van der Waals surface area (Å²) in [6.45, 7) is 0. The summed E-state index contributed by atoms with van der Waals surface area (Å²) in [5.41, 5.74) is 2.70. The van der Waals surface area contributed by atoms with E-state index in [-0.39, 0.29) is 17.8 Å². The van der Waals surface area contributed by atoms with Crippen LogP contribution in [0.25, 0.3) is 0 Å². The minimum Gasteiger partial charge on any atom is -0.345 e. The molecule has 0 fully saturated rings. The largest absolute Gasteiger partial charge is 0.345 e. The van der Waals surface area contributed by atoms with Gasteiger partial charge in [0, 0.05) is 5.56 Å². The lowest BCUT2D eigenvalue weighted by Gasteiger charge is -2.25. The van der Waals surface area contributed by atoms with Gasteiger partial charge in [0.05, 0.1) is 6.04 Å². The van der Waals surface area contributed by atoms with E-state index in [4.69, 9.17) is 0 Å². The van der Waals surface area contributed by atoms with Crippen LogP contribution < -0.4 is 5.32 Å². The fraction of sp³-hybridized carbons (Fsp3) is 0.133. The number of fused-ring (bicyclic) bond motifs is 1. The Morgan fingerprint density at radius 2 is 1.78 bits per heavy atom. The molecule has 1 aliphatic heterocycles. The van der Waals surface area contributed by atoms with E-state index in [1.807, 2.05) is 24.3 Å². The van der Waals surface area contributed by atoms with E-state index in [1.165, 1.54) is 12.1 Å². The summed E-state index contributed by atoms with van der Waals surface area (Å²) in [5.74, 6) is -0.326. The molecular formula is C15H12FNO. The minimum atomic E-state index is -0.263. The molecule has 0 radical (unpaired) electrons. The molecule has 3 rings (SSSR count). The molecule has 1 amide bonds. The first-order valence-corrected chi connectivity index (χ1v) is 5.88. The Morgan fingerprint density at radius 1 is 1.06 bits per heavy atom. The molecule has 1 atom stereocenters. The van der Waals surface area contributed by atoms with E-state index >= 15 is 0 Å². The number of amides is 1. The molecule has 2 aromatic carbocycles. The van der Waals surface area contributed by atoms with Crippen LogP contribution in [0.2, 0.25) is 0 Å². The fourth-order valence-corrected chi connectivity index (χ4v) is 2.32. The first-order chi connectivity index (χ1) is 8.74. The summed E-state index contributed by atoms with van der Waals surface area (Å²) < 4.78 is 12.9. The molecule has 1 N–H and O–H groups in total. The van der Waals surface area contributed by atoms with Crippen molar-refractivity contribution in [3.63, 3.8) is 0 Å². The molecule has 0 spiro atoms. The number of hydrogen-bond donors (Lipinski definition) is 1. The van der Waals surface area contributed by atoms with Crippen LogP contribution in [0.1, 0.15) is 27.5 Å². The predicted octanol–water partition coefficient (Wildman–Crippen LogP) is 2.85. The lowest BCUT2D eigenvalue weighted by molar-refractivity contribution is 0.0925. The molecule has 3 heteroatoms. The molecule has 18 heavy (non-hydrogen) atoms. The number of nitrogens with one attached hydrogen (secondary N) is 1. The second-order valence-corrected chi connectivity index (χ2v) is 4.44. The smallest absolute Gasteiger partial charge is 0.252 e. The highest BCUT2D eigenvalue weighted by molar-refractivity contribution is 5.97. The highest BCUT2D eigenvalue weighted by Crippen LogP contribution is 2.25. The second-order valence-electron chi connectivity index (χ2n) is 4.44. The van der Waals surface area contributed by atoms with Crippen molar-refractivity contribution in [2.75, 3.05) is 0 Å². The summed E-state index contributed by atoms with van der Waals surface area (Å²) in [4.78, 5) is 12.0. The van der Waals surface area contributed by atoms with Crippen LogP contribution >= 0.6 is 0 Å². The molecule has 0 aliphatic carbocycles. The van der Waals surface area contributed by atoms with Gasteiger partial charge in [0.1, 0.15) is 5.82 Å². The SMILES string of the molecule is O=C1N[C@H](c2ccc(F)cc2)Cc2ccccc21. The van der Waals surface area contributed by atoms with Gasteiger partial charge in [0.2, 0.25) is 0 Å².